The largest absolute Gasteiger partial charge is 0.309 e. The van der Waals surface area contributed by atoms with Crippen molar-refractivity contribution in [3.05, 3.63) is 0 Å². The van der Waals surface area contributed by atoms with Gasteiger partial charge < -0.3 is 5.32 Å². The number of halogens is 1. The third kappa shape index (κ3) is 1.94. The van der Waals surface area contributed by atoms with E-state index < -0.39 is 0 Å². The fourth-order valence-corrected chi connectivity index (χ4v) is 1.49. The highest BCUT2D eigenvalue weighted by molar-refractivity contribution is 4.83. The van der Waals surface area contributed by atoms with Crippen molar-refractivity contribution in [2.45, 2.75) is 38.8 Å². The molecule has 1 atom stereocenters. The van der Waals surface area contributed by atoms with Crippen LogP contribution < -0.4 is 5.32 Å². The summed E-state index contributed by atoms with van der Waals surface area (Å²) < 4.78 is 11.9. The third-order valence-electron chi connectivity index (χ3n) is 2.13. The van der Waals surface area contributed by atoms with E-state index in [1.807, 2.05) is 6.92 Å². The number of hydrogen-bond acceptors (Lipinski definition) is 1. The molecule has 2 heteroatoms. The Hall–Kier alpha value is -0.110. The maximum absolute atomic E-state index is 11.9. The van der Waals surface area contributed by atoms with Gasteiger partial charge in [0.2, 0.25) is 0 Å². The quantitative estimate of drug-likeness (QED) is 0.637. The second-order valence-corrected chi connectivity index (χ2v) is 3.50. The molecule has 1 saturated carbocycles. The molecule has 0 amide bonds. The number of nitrogens with one attached hydrogen (secondary N) is 1. The Balaban J connectivity index is 2.04. The molecule has 0 heterocycles. The third-order valence-corrected chi connectivity index (χ3v) is 2.13. The Morgan fingerprint density at radius 3 is 2.60 bits per heavy atom. The van der Waals surface area contributed by atoms with Gasteiger partial charge in [-0.1, -0.05) is 6.92 Å². The van der Waals surface area contributed by atoms with E-state index in [1.54, 1.807) is 0 Å². The summed E-state index contributed by atoms with van der Waals surface area (Å²) in [6, 6.07) is 0.651. The average molecular weight is 145 g/mol. The Morgan fingerprint density at radius 2 is 2.20 bits per heavy atom. The molecule has 0 aromatic carbocycles. The highest BCUT2D eigenvalue weighted by Gasteiger charge is 2.25. The zero-order valence-electron chi connectivity index (χ0n) is 6.73. The van der Waals surface area contributed by atoms with E-state index in [-0.39, 0.29) is 12.7 Å². The first-order valence-corrected chi connectivity index (χ1v) is 4.04. The Kier molecular flexibility index (Phi) is 2.66. The van der Waals surface area contributed by atoms with Crippen LogP contribution in [0.2, 0.25) is 0 Å². The summed E-state index contributed by atoms with van der Waals surface area (Å²) in [7, 11) is 0. The van der Waals surface area contributed by atoms with Gasteiger partial charge in [0.05, 0.1) is 0 Å². The van der Waals surface area contributed by atoms with Gasteiger partial charge in [0.25, 0.3) is 0 Å². The van der Waals surface area contributed by atoms with Crippen LogP contribution in [0, 0.1) is 5.92 Å². The monoisotopic (exact) mass is 145 g/mol. The van der Waals surface area contributed by atoms with Crippen molar-refractivity contribution in [1.82, 2.24) is 5.32 Å². The van der Waals surface area contributed by atoms with Crippen molar-refractivity contribution in [3.63, 3.8) is 0 Å². The summed E-state index contributed by atoms with van der Waals surface area (Å²) >= 11 is 0. The molecule has 1 N–H and O–H groups in total. The van der Waals surface area contributed by atoms with Gasteiger partial charge in [-0.25, -0.2) is 4.39 Å². The standard InChI is InChI=1S/C8H16FN/c1-6-3-8(4-6)10-7(2)5-9/h6-8,10H,3-5H2,1-2H3. The van der Waals surface area contributed by atoms with E-state index in [9.17, 15) is 4.39 Å². The van der Waals surface area contributed by atoms with Gasteiger partial charge in [-0.3, -0.25) is 0 Å². The number of hydrogen-bond donors (Lipinski definition) is 1. The fraction of sp³-hybridized carbons (Fsp3) is 1.00. The van der Waals surface area contributed by atoms with E-state index in [0.717, 1.165) is 5.92 Å². The summed E-state index contributed by atoms with van der Waals surface area (Å²) in [5.41, 5.74) is 0. The smallest absolute Gasteiger partial charge is 0.104 e. The van der Waals surface area contributed by atoms with Gasteiger partial charge in [-0.15, -0.1) is 0 Å². The molecule has 1 rings (SSSR count). The second kappa shape index (κ2) is 3.33. The molecule has 0 aromatic heterocycles. The van der Waals surface area contributed by atoms with Crippen molar-refractivity contribution in [2.24, 2.45) is 5.92 Å². The van der Waals surface area contributed by atoms with Crippen LogP contribution in [-0.2, 0) is 0 Å². The van der Waals surface area contributed by atoms with E-state index in [0.29, 0.717) is 6.04 Å². The molecule has 0 radical (unpaired) electrons. The predicted octanol–water partition coefficient (Wildman–Crippen LogP) is 1.73. The molecule has 0 spiro atoms. The highest BCUT2D eigenvalue weighted by Crippen LogP contribution is 2.26. The first kappa shape index (κ1) is 7.99. The van der Waals surface area contributed by atoms with Gasteiger partial charge >= 0.3 is 0 Å². The van der Waals surface area contributed by atoms with E-state index >= 15 is 0 Å². The maximum atomic E-state index is 11.9. The highest BCUT2D eigenvalue weighted by atomic mass is 19.1. The van der Waals surface area contributed by atoms with Crippen LogP contribution in [-0.4, -0.2) is 18.8 Å². The van der Waals surface area contributed by atoms with E-state index in [1.165, 1.54) is 12.8 Å². The molecule has 1 nitrogen and oxygen atoms in total. The zero-order valence-corrected chi connectivity index (χ0v) is 6.73. The zero-order chi connectivity index (χ0) is 7.56. The van der Waals surface area contributed by atoms with Crippen molar-refractivity contribution in [1.29, 1.82) is 0 Å². The summed E-state index contributed by atoms with van der Waals surface area (Å²) in [6.45, 7) is 3.88. The maximum Gasteiger partial charge on any atom is 0.104 e. The molecule has 1 aliphatic rings. The normalized spacial score (nSPS) is 35.1. The van der Waals surface area contributed by atoms with Gasteiger partial charge in [0.15, 0.2) is 0 Å². The topological polar surface area (TPSA) is 12.0 Å². The Bertz CT molecular complexity index is 99.4. The van der Waals surface area contributed by atoms with Crippen molar-refractivity contribution in [2.75, 3.05) is 6.67 Å². The molecule has 60 valence electrons. The molecule has 0 aromatic rings. The lowest BCUT2D eigenvalue weighted by Gasteiger charge is -2.35. The first-order chi connectivity index (χ1) is 4.72. The van der Waals surface area contributed by atoms with Crippen LogP contribution in [0.15, 0.2) is 0 Å². The van der Waals surface area contributed by atoms with Gasteiger partial charge in [0, 0.05) is 12.1 Å². The summed E-state index contributed by atoms with van der Waals surface area (Å²) in [5, 5.41) is 3.22. The molecule has 0 aliphatic heterocycles. The number of alkyl halides is 1. The molecule has 10 heavy (non-hydrogen) atoms. The summed E-state index contributed by atoms with van der Waals surface area (Å²) in [6.07, 6.45) is 2.45. The van der Waals surface area contributed by atoms with Crippen LogP contribution in [0.1, 0.15) is 26.7 Å². The SMILES string of the molecule is CC1CC(NC(C)CF)C1. The molecule has 1 fully saturated rings. The van der Waals surface area contributed by atoms with Crippen LogP contribution in [0.25, 0.3) is 0 Å². The van der Waals surface area contributed by atoms with Crippen molar-refractivity contribution >= 4 is 0 Å². The lowest BCUT2D eigenvalue weighted by molar-refractivity contribution is 0.214. The summed E-state index contributed by atoms with van der Waals surface area (Å²) in [4.78, 5) is 0. The Morgan fingerprint density at radius 1 is 1.60 bits per heavy atom. The number of rotatable bonds is 3. The van der Waals surface area contributed by atoms with E-state index in [2.05, 4.69) is 12.2 Å². The van der Waals surface area contributed by atoms with Gasteiger partial charge in [-0.2, -0.15) is 0 Å². The van der Waals surface area contributed by atoms with Crippen molar-refractivity contribution < 1.29 is 4.39 Å². The molecular formula is C8H16FN. The van der Waals surface area contributed by atoms with Crippen LogP contribution >= 0.6 is 0 Å². The van der Waals surface area contributed by atoms with Crippen LogP contribution in [0.4, 0.5) is 4.39 Å². The summed E-state index contributed by atoms with van der Waals surface area (Å²) in [5.74, 6) is 0.851. The Labute approximate surface area is 62.0 Å². The molecular weight excluding hydrogens is 129 g/mol. The van der Waals surface area contributed by atoms with E-state index in [4.69, 9.17) is 0 Å². The second-order valence-electron chi connectivity index (χ2n) is 3.50. The minimum atomic E-state index is -0.245. The average Bonchev–Trinajstić information content (AvgIpc) is 1.84. The predicted molar refractivity (Wildman–Crippen MR) is 40.8 cm³/mol. The lowest BCUT2D eigenvalue weighted by atomic mass is 9.81. The minimum absolute atomic E-state index is 0.0532. The van der Waals surface area contributed by atoms with Crippen molar-refractivity contribution in [3.8, 4) is 0 Å². The lowest BCUT2D eigenvalue weighted by Crippen LogP contribution is -2.45. The molecule has 0 saturated heterocycles. The van der Waals surface area contributed by atoms with Gasteiger partial charge in [0.1, 0.15) is 6.67 Å². The molecule has 1 aliphatic carbocycles. The molecule has 1 unspecified atom stereocenters. The van der Waals surface area contributed by atoms with Gasteiger partial charge in [-0.05, 0) is 25.7 Å². The van der Waals surface area contributed by atoms with Crippen LogP contribution in [0.5, 0.6) is 0 Å². The molecule has 0 bridgehead atoms. The minimum Gasteiger partial charge on any atom is -0.309 e. The first-order valence-electron chi connectivity index (χ1n) is 4.04. The fourth-order valence-electron chi connectivity index (χ4n) is 1.49. The van der Waals surface area contributed by atoms with Crippen LogP contribution in [0.3, 0.4) is 0 Å².